The van der Waals surface area contributed by atoms with Crippen molar-refractivity contribution in [1.29, 1.82) is 0 Å². The van der Waals surface area contributed by atoms with E-state index < -0.39 is 5.97 Å². The maximum absolute atomic E-state index is 11.3. The summed E-state index contributed by atoms with van der Waals surface area (Å²) in [5.41, 5.74) is 3.72. The molecule has 0 spiro atoms. The summed E-state index contributed by atoms with van der Waals surface area (Å²) in [6.07, 6.45) is 0.909. The Labute approximate surface area is 139 Å². The van der Waals surface area contributed by atoms with Crippen LogP contribution in [0.4, 0.5) is 0 Å². The average molecular weight is 315 g/mol. The molecule has 0 saturated carbocycles. The summed E-state index contributed by atoms with van der Waals surface area (Å²) in [5.74, 6) is -0.892. The molecule has 4 rings (SSSR count). The Balaban J connectivity index is 1.86. The van der Waals surface area contributed by atoms with Crippen molar-refractivity contribution in [2.24, 2.45) is 0 Å². The molecule has 0 saturated heterocycles. The van der Waals surface area contributed by atoms with Gasteiger partial charge in [0.05, 0.1) is 5.56 Å². The van der Waals surface area contributed by atoms with Gasteiger partial charge in [0, 0.05) is 28.4 Å². The molecule has 0 aliphatic rings. The second-order valence-corrected chi connectivity index (χ2v) is 5.94. The minimum absolute atomic E-state index is 0.325. The van der Waals surface area contributed by atoms with E-state index >= 15 is 0 Å². The van der Waals surface area contributed by atoms with Crippen LogP contribution in [0.15, 0.2) is 72.8 Å². The first-order valence-electron chi connectivity index (χ1n) is 8.02. The smallest absolute Gasteiger partial charge is 0.335 e. The summed E-state index contributed by atoms with van der Waals surface area (Å²) >= 11 is 0. The van der Waals surface area contributed by atoms with Crippen LogP contribution >= 0.6 is 0 Å². The van der Waals surface area contributed by atoms with Crippen LogP contribution in [0.25, 0.3) is 21.8 Å². The Hall–Kier alpha value is -3.07. The molecule has 0 bridgehead atoms. The zero-order chi connectivity index (χ0) is 16.5. The van der Waals surface area contributed by atoms with Gasteiger partial charge in [0.1, 0.15) is 0 Å². The molecule has 0 amide bonds. The number of aryl methyl sites for hydroxylation is 2. The Morgan fingerprint density at radius 3 is 2.33 bits per heavy atom. The standard InChI is InChI=1S/C21H17NO2/c23-21(24)16-10-11-18-17-8-4-5-9-19(17)22(20(18)14-16)13-12-15-6-2-1-3-7-15/h1-11,14H,12-13H2,(H,23,24). The van der Waals surface area contributed by atoms with Gasteiger partial charge in [0.25, 0.3) is 0 Å². The van der Waals surface area contributed by atoms with E-state index in [2.05, 4.69) is 28.8 Å². The summed E-state index contributed by atoms with van der Waals surface area (Å²) in [7, 11) is 0. The van der Waals surface area contributed by atoms with E-state index in [0.717, 1.165) is 34.8 Å². The molecule has 3 nitrogen and oxygen atoms in total. The highest BCUT2D eigenvalue weighted by Crippen LogP contribution is 2.30. The van der Waals surface area contributed by atoms with Gasteiger partial charge in [0.15, 0.2) is 0 Å². The fourth-order valence-corrected chi connectivity index (χ4v) is 3.31. The van der Waals surface area contributed by atoms with Gasteiger partial charge in [-0.2, -0.15) is 0 Å². The zero-order valence-electron chi connectivity index (χ0n) is 13.1. The highest BCUT2D eigenvalue weighted by Gasteiger charge is 2.12. The number of fused-ring (bicyclic) bond motifs is 3. The lowest BCUT2D eigenvalue weighted by Gasteiger charge is -2.08. The van der Waals surface area contributed by atoms with Crippen molar-refractivity contribution in [1.82, 2.24) is 4.57 Å². The van der Waals surface area contributed by atoms with Gasteiger partial charge >= 0.3 is 5.97 Å². The van der Waals surface area contributed by atoms with Crippen molar-refractivity contribution in [3.8, 4) is 0 Å². The van der Waals surface area contributed by atoms with Gasteiger partial charge in [-0.3, -0.25) is 0 Å². The van der Waals surface area contributed by atoms with E-state index in [-0.39, 0.29) is 0 Å². The Kier molecular flexibility index (Phi) is 3.54. The largest absolute Gasteiger partial charge is 0.478 e. The molecule has 1 N–H and O–H groups in total. The van der Waals surface area contributed by atoms with Crippen LogP contribution in [0.5, 0.6) is 0 Å². The van der Waals surface area contributed by atoms with Crippen molar-refractivity contribution in [2.75, 3.05) is 0 Å². The predicted molar refractivity (Wildman–Crippen MR) is 96.5 cm³/mol. The number of hydrogen-bond acceptors (Lipinski definition) is 1. The quantitative estimate of drug-likeness (QED) is 0.591. The van der Waals surface area contributed by atoms with E-state index in [1.807, 2.05) is 36.4 Å². The molecule has 1 heterocycles. The van der Waals surface area contributed by atoms with Crippen molar-refractivity contribution >= 4 is 27.8 Å². The Bertz CT molecular complexity index is 1030. The number of para-hydroxylation sites is 1. The van der Waals surface area contributed by atoms with Gasteiger partial charge < -0.3 is 9.67 Å². The Morgan fingerprint density at radius 2 is 1.54 bits per heavy atom. The van der Waals surface area contributed by atoms with Crippen LogP contribution in [0, 0.1) is 0 Å². The topological polar surface area (TPSA) is 42.2 Å². The summed E-state index contributed by atoms with van der Waals surface area (Å²) in [6.45, 7) is 0.817. The zero-order valence-corrected chi connectivity index (χ0v) is 13.1. The number of carbonyl (C=O) groups is 1. The molecule has 0 aliphatic heterocycles. The fraction of sp³-hybridized carbons (Fsp3) is 0.0952. The Morgan fingerprint density at radius 1 is 0.833 bits per heavy atom. The van der Waals surface area contributed by atoms with E-state index in [9.17, 15) is 9.90 Å². The normalized spacial score (nSPS) is 11.2. The number of hydrogen-bond donors (Lipinski definition) is 1. The van der Waals surface area contributed by atoms with E-state index in [4.69, 9.17) is 0 Å². The number of aromatic nitrogens is 1. The van der Waals surface area contributed by atoms with Gasteiger partial charge in [-0.05, 0) is 30.2 Å². The minimum atomic E-state index is -0.892. The van der Waals surface area contributed by atoms with Crippen molar-refractivity contribution in [3.05, 3.63) is 83.9 Å². The number of nitrogens with zero attached hydrogens (tertiary/aromatic N) is 1. The lowest BCUT2D eigenvalue weighted by Crippen LogP contribution is -2.02. The molecule has 118 valence electrons. The molecule has 3 aromatic carbocycles. The molecule has 0 radical (unpaired) electrons. The third-order valence-electron chi connectivity index (χ3n) is 4.49. The van der Waals surface area contributed by atoms with Gasteiger partial charge in [-0.1, -0.05) is 54.6 Å². The van der Waals surface area contributed by atoms with Crippen LogP contribution in [-0.2, 0) is 13.0 Å². The number of carboxylic acid groups (broad SMARTS) is 1. The summed E-state index contributed by atoms with van der Waals surface area (Å²) in [6, 6.07) is 24.0. The summed E-state index contributed by atoms with van der Waals surface area (Å²) < 4.78 is 2.23. The molecule has 0 unspecified atom stereocenters. The lowest BCUT2D eigenvalue weighted by atomic mass is 10.1. The molecule has 1 aromatic heterocycles. The second kappa shape index (κ2) is 5.85. The van der Waals surface area contributed by atoms with Gasteiger partial charge in [0.2, 0.25) is 0 Å². The maximum Gasteiger partial charge on any atom is 0.335 e. The first-order valence-corrected chi connectivity index (χ1v) is 8.02. The van der Waals surface area contributed by atoms with Crippen LogP contribution in [0.2, 0.25) is 0 Å². The first kappa shape index (κ1) is 14.5. The molecule has 4 aromatic rings. The second-order valence-electron chi connectivity index (χ2n) is 5.94. The average Bonchev–Trinajstić information content (AvgIpc) is 2.94. The van der Waals surface area contributed by atoms with Gasteiger partial charge in [-0.15, -0.1) is 0 Å². The molecule has 0 fully saturated rings. The van der Waals surface area contributed by atoms with Crippen molar-refractivity contribution in [3.63, 3.8) is 0 Å². The third-order valence-corrected chi connectivity index (χ3v) is 4.49. The highest BCUT2D eigenvalue weighted by atomic mass is 16.4. The summed E-state index contributed by atoms with van der Waals surface area (Å²) in [5, 5.41) is 11.6. The maximum atomic E-state index is 11.3. The number of aromatic carboxylic acids is 1. The first-order chi connectivity index (χ1) is 11.7. The molecule has 24 heavy (non-hydrogen) atoms. The SMILES string of the molecule is O=C(O)c1ccc2c3ccccc3n(CCc3ccccc3)c2c1. The monoisotopic (exact) mass is 315 g/mol. The molecule has 0 atom stereocenters. The number of rotatable bonds is 4. The number of benzene rings is 3. The lowest BCUT2D eigenvalue weighted by molar-refractivity contribution is 0.0697. The summed E-state index contributed by atoms with van der Waals surface area (Å²) in [4.78, 5) is 11.3. The molecular weight excluding hydrogens is 298 g/mol. The highest BCUT2D eigenvalue weighted by molar-refractivity contribution is 6.09. The third kappa shape index (κ3) is 2.44. The van der Waals surface area contributed by atoms with E-state index in [1.54, 1.807) is 12.1 Å². The molecule has 0 aliphatic carbocycles. The van der Waals surface area contributed by atoms with Crippen LogP contribution in [-0.4, -0.2) is 15.6 Å². The van der Waals surface area contributed by atoms with Gasteiger partial charge in [-0.25, -0.2) is 4.79 Å². The van der Waals surface area contributed by atoms with E-state index in [0.29, 0.717) is 5.56 Å². The minimum Gasteiger partial charge on any atom is -0.478 e. The predicted octanol–water partition coefficient (Wildman–Crippen LogP) is 4.74. The molecule has 3 heteroatoms. The van der Waals surface area contributed by atoms with Crippen LogP contribution in [0.3, 0.4) is 0 Å². The van der Waals surface area contributed by atoms with Crippen LogP contribution < -0.4 is 0 Å². The van der Waals surface area contributed by atoms with Crippen LogP contribution in [0.1, 0.15) is 15.9 Å². The number of carboxylic acids is 1. The van der Waals surface area contributed by atoms with Crippen molar-refractivity contribution in [2.45, 2.75) is 13.0 Å². The fourth-order valence-electron chi connectivity index (χ4n) is 3.31. The van der Waals surface area contributed by atoms with E-state index in [1.165, 1.54) is 5.56 Å². The molecular formula is C21H17NO2. The van der Waals surface area contributed by atoms with Crippen molar-refractivity contribution < 1.29 is 9.90 Å².